The Balaban J connectivity index is 1.57. The first kappa shape index (κ1) is 23.8. The lowest BCUT2D eigenvalue weighted by Gasteiger charge is -2.19. The molecule has 0 spiro atoms. The van der Waals surface area contributed by atoms with Crippen molar-refractivity contribution in [2.45, 2.75) is 13.1 Å². The van der Waals surface area contributed by atoms with Crippen molar-refractivity contribution in [2.75, 3.05) is 11.5 Å². The SMILES string of the molecule is CCOC(=O)c1ccc(-c2ccc(C=C3SC(=S)N(c4ccccc4C(F)(F)F)C3=O)o2)cc1. The quantitative estimate of drug-likeness (QED) is 0.224. The third-order valence-corrected chi connectivity index (χ3v) is 6.13. The maximum absolute atomic E-state index is 13.4. The second-order valence-electron chi connectivity index (χ2n) is 7.03. The monoisotopic (exact) mass is 503 g/mol. The molecule has 1 aliphatic rings. The van der Waals surface area contributed by atoms with E-state index in [4.69, 9.17) is 21.4 Å². The van der Waals surface area contributed by atoms with Crippen molar-refractivity contribution in [1.82, 2.24) is 0 Å². The second-order valence-corrected chi connectivity index (χ2v) is 8.71. The molecule has 34 heavy (non-hydrogen) atoms. The molecule has 1 aromatic heterocycles. The number of carbonyl (C=O) groups excluding carboxylic acids is 2. The van der Waals surface area contributed by atoms with Crippen molar-refractivity contribution in [2.24, 2.45) is 0 Å². The number of halogens is 3. The first-order valence-electron chi connectivity index (χ1n) is 10.0. The molecule has 10 heteroatoms. The zero-order chi connectivity index (χ0) is 24.5. The molecular formula is C24H16F3NO4S2. The maximum Gasteiger partial charge on any atom is 0.418 e. The molecule has 0 aliphatic carbocycles. The molecule has 0 atom stereocenters. The summed E-state index contributed by atoms with van der Waals surface area (Å²) in [5.41, 5.74) is -0.165. The Kier molecular flexibility index (Phi) is 6.63. The number of benzene rings is 2. The lowest BCUT2D eigenvalue weighted by molar-refractivity contribution is -0.137. The van der Waals surface area contributed by atoms with Gasteiger partial charge in [0.05, 0.1) is 28.3 Å². The Labute approximate surface area is 202 Å². The normalized spacial score (nSPS) is 15.3. The number of amides is 1. The van der Waals surface area contributed by atoms with Crippen molar-refractivity contribution >= 4 is 51.9 Å². The van der Waals surface area contributed by atoms with E-state index in [1.165, 1.54) is 24.3 Å². The van der Waals surface area contributed by atoms with Crippen LogP contribution in [0.4, 0.5) is 18.9 Å². The number of thioether (sulfide) groups is 1. The van der Waals surface area contributed by atoms with Crippen LogP contribution in [0.1, 0.15) is 28.6 Å². The van der Waals surface area contributed by atoms with E-state index in [-0.39, 0.29) is 21.5 Å². The van der Waals surface area contributed by atoms with Gasteiger partial charge in [-0.1, -0.05) is 48.2 Å². The summed E-state index contributed by atoms with van der Waals surface area (Å²) in [5, 5.41) is 0. The highest BCUT2D eigenvalue weighted by molar-refractivity contribution is 8.27. The number of anilines is 1. The third-order valence-electron chi connectivity index (χ3n) is 4.82. The van der Waals surface area contributed by atoms with Crippen molar-refractivity contribution in [3.63, 3.8) is 0 Å². The predicted octanol–water partition coefficient (Wildman–Crippen LogP) is 6.55. The van der Waals surface area contributed by atoms with Crippen LogP contribution >= 0.6 is 24.0 Å². The molecule has 0 unspecified atom stereocenters. The minimum atomic E-state index is -4.64. The average Bonchev–Trinajstić information content (AvgIpc) is 3.37. The highest BCUT2D eigenvalue weighted by atomic mass is 32.2. The number of thiocarbonyl (C=S) groups is 1. The summed E-state index contributed by atoms with van der Waals surface area (Å²) >= 11 is 6.10. The Morgan fingerprint density at radius 3 is 2.50 bits per heavy atom. The Bertz CT molecular complexity index is 1300. The van der Waals surface area contributed by atoms with Gasteiger partial charge in [-0.15, -0.1) is 0 Å². The van der Waals surface area contributed by atoms with E-state index in [1.54, 1.807) is 43.3 Å². The van der Waals surface area contributed by atoms with E-state index in [9.17, 15) is 22.8 Å². The minimum absolute atomic E-state index is 0.00529. The number of carbonyl (C=O) groups is 2. The van der Waals surface area contributed by atoms with Gasteiger partial charge in [-0.25, -0.2) is 4.79 Å². The summed E-state index contributed by atoms with van der Waals surface area (Å²) < 4.78 is 51.0. The van der Waals surface area contributed by atoms with Gasteiger partial charge in [0.2, 0.25) is 0 Å². The van der Waals surface area contributed by atoms with Crippen LogP contribution in [-0.4, -0.2) is 22.8 Å². The Morgan fingerprint density at radius 2 is 1.82 bits per heavy atom. The smallest absolute Gasteiger partial charge is 0.418 e. The van der Waals surface area contributed by atoms with Gasteiger partial charge < -0.3 is 9.15 Å². The first-order chi connectivity index (χ1) is 16.2. The van der Waals surface area contributed by atoms with Gasteiger partial charge in [0.25, 0.3) is 5.91 Å². The molecule has 174 valence electrons. The molecule has 1 fully saturated rings. The summed E-state index contributed by atoms with van der Waals surface area (Å²) in [6.07, 6.45) is -3.20. The van der Waals surface area contributed by atoms with Crippen LogP contribution in [0.2, 0.25) is 0 Å². The van der Waals surface area contributed by atoms with Crippen LogP contribution in [0.25, 0.3) is 17.4 Å². The van der Waals surface area contributed by atoms with Gasteiger partial charge >= 0.3 is 12.1 Å². The first-order valence-corrected chi connectivity index (χ1v) is 11.2. The molecule has 1 aliphatic heterocycles. The molecule has 4 rings (SSSR count). The van der Waals surface area contributed by atoms with E-state index >= 15 is 0 Å². The fourth-order valence-electron chi connectivity index (χ4n) is 3.28. The fourth-order valence-corrected chi connectivity index (χ4v) is 4.55. The number of ether oxygens (including phenoxy) is 1. The summed E-state index contributed by atoms with van der Waals surface area (Å²) in [6, 6.07) is 14.7. The Morgan fingerprint density at radius 1 is 1.12 bits per heavy atom. The minimum Gasteiger partial charge on any atom is -0.462 e. The largest absolute Gasteiger partial charge is 0.462 e. The number of esters is 1. The highest BCUT2D eigenvalue weighted by Crippen LogP contribution is 2.42. The zero-order valence-corrected chi connectivity index (χ0v) is 19.2. The molecule has 0 bridgehead atoms. The molecule has 0 saturated carbocycles. The molecule has 1 saturated heterocycles. The van der Waals surface area contributed by atoms with E-state index in [2.05, 4.69) is 0 Å². The predicted molar refractivity (Wildman–Crippen MR) is 127 cm³/mol. The fraction of sp³-hybridized carbons (Fsp3) is 0.125. The van der Waals surface area contributed by atoms with Crippen LogP contribution in [0.3, 0.4) is 0 Å². The number of nitrogens with zero attached hydrogens (tertiary/aromatic N) is 1. The second kappa shape index (κ2) is 9.47. The van der Waals surface area contributed by atoms with Gasteiger partial charge in [0.15, 0.2) is 4.32 Å². The lowest BCUT2D eigenvalue weighted by Crippen LogP contribution is -2.29. The van der Waals surface area contributed by atoms with Crippen molar-refractivity contribution < 1.29 is 31.9 Å². The number of alkyl halides is 3. The molecule has 2 aromatic carbocycles. The third kappa shape index (κ3) is 4.78. The van der Waals surface area contributed by atoms with Gasteiger partial charge in [0.1, 0.15) is 11.5 Å². The van der Waals surface area contributed by atoms with Gasteiger partial charge in [-0.2, -0.15) is 13.2 Å². The number of furan rings is 1. The van der Waals surface area contributed by atoms with Crippen LogP contribution < -0.4 is 4.90 Å². The molecule has 3 aromatic rings. The summed E-state index contributed by atoms with van der Waals surface area (Å²) in [4.78, 5) is 25.7. The number of hydrogen-bond acceptors (Lipinski definition) is 6. The molecule has 2 heterocycles. The van der Waals surface area contributed by atoms with Crippen molar-refractivity contribution in [3.8, 4) is 11.3 Å². The molecule has 0 N–H and O–H groups in total. The summed E-state index contributed by atoms with van der Waals surface area (Å²) in [6.45, 7) is 2.00. The molecule has 5 nitrogen and oxygen atoms in total. The van der Waals surface area contributed by atoms with Gasteiger partial charge in [0, 0.05) is 11.6 Å². The number of para-hydroxylation sites is 1. The number of hydrogen-bond donors (Lipinski definition) is 0. The average molecular weight is 504 g/mol. The van der Waals surface area contributed by atoms with Crippen LogP contribution in [0.5, 0.6) is 0 Å². The lowest BCUT2D eigenvalue weighted by atomic mass is 10.1. The maximum atomic E-state index is 13.4. The standard InChI is InChI=1S/C24H16F3NO4S2/c1-2-31-22(30)15-9-7-14(8-10-15)19-12-11-16(32-19)13-20-21(29)28(23(33)34-20)18-6-4-3-5-17(18)24(25,26)27/h3-13H,2H2,1H3. The van der Waals surface area contributed by atoms with E-state index in [1.807, 2.05) is 0 Å². The van der Waals surface area contributed by atoms with Crippen LogP contribution in [0, 0.1) is 0 Å². The molecular weight excluding hydrogens is 487 g/mol. The molecule has 1 amide bonds. The zero-order valence-electron chi connectivity index (χ0n) is 17.6. The topological polar surface area (TPSA) is 59.8 Å². The highest BCUT2D eigenvalue weighted by Gasteiger charge is 2.40. The van der Waals surface area contributed by atoms with Crippen molar-refractivity contribution in [3.05, 3.63) is 82.5 Å². The summed E-state index contributed by atoms with van der Waals surface area (Å²) in [5.74, 6) is -0.277. The van der Waals surface area contributed by atoms with E-state index in [0.717, 1.165) is 22.7 Å². The Hall–Kier alpha value is -3.37. The van der Waals surface area contributed by atoms with Gasteiger partial charge in [-0.05, 0) is 43.3 Å². The van der Waals surface area contributed by atoms with E-state index < -0.39 is 23.6 Å². The van der Waals surface area contributed by atoms with Crippen LogP contribution in [-0.2, 0) is 15.7 Å². The number of rotatable bonds is 5. The molecule has 0 radical (unpaired) electrons. The van der Waals surface area contributed by atoms with Gasteiger partial charge in [-0.3, -0.25) is 9.69 Å². The summed E-state index contributed by atoms with van der Waals surface area (Å²) in [7, 11) is 0. The van der Waals surface area contributed by atoms with Crippen LogP contribution in [0.15, 0.2) is 70.0 Å². The van der Waals surface area contributed by atoms with E-state index in [0.29, 0.717) is 22.6 Å². The van der Waals surface area contributed by atoms with Crippen molar-refractivity contribution in [1.29, 1.82) is 0 Å².